The van der Waals surface area contributed by atoms with Gasteiger partial charge in [-0.25, -0.2) is 12.8 Å². The number of aryl methyl sites for hydroxylation is 2. The van der Waals surface area contributed by atoms with Crippen molar-refractivity contribution in [1.29, 1.82) is 0 Å². The molecule has 150 valence electrons. The minimum Gasteiger partial charge on any atom is -0.310 e. The van der Waals surface area contributed by atoms with Crippen LogP contribution in [-0.2, 0) is 34.7 Å². The molecule has 1 aromatic heterocycles. The summed E-state index contributed by atoms with van der Waals surface area (Å²) in [4.78, 5) is 12.9. The summed E-state index contributed by atoms with van der Waals surface area (Å²) in [5.41, 5.74) is 2.12. The molecule has 0 bridgehead atoms. The zero-order chi connectivity index (χ0) is 19.9. The van der Waals surface area contributed by atoms with E-state index in [-0.39, 0.29) is 17.3 Å². The molecule has 4 rings (SSSR count). The molecule has 2 aromatic rings. The number of anilines is 1. The largest absolute Gasteiger partial charge is 0.310 e. The van der Waals surface area contributed by atoms with Crippen LogP contribution >= 0.6 is 0 Å². The van der Waals surface area contributed by atoms with E-state index in [1.165, 1.54) is 16.4 Å². The number of carbonyl (C=O) groups excluding carboxylic acids is 1. The molecular weight excluding hydrogens is 383 g/mol. The average Bonchev–Trinajstić information content (AvgIpc) is 3.24. The van der Waals surface area contributed by atoms with Crippen LogP contribution < -0.4 is 5.32 Å². The summed E-state index contributed by atoms with van der Waals surface area (Å²) in [6.07, 6.45) is 4.08. The van der Waals surface area contributed by atoms with E-state index < -0.39 is 21.8 Å². The first-order chi connectivity index (χ1) is 13.4. The molecule has 0 unspecified atom stereocenters. The predicted octanol–water partition coefficient (Wildman–Crippen LogP) is 2.09. The van der Waals surface area contributed by atoms with Crippen LogP contribution in [0.1, 0.15) is 30.5 Å². The SMILES string of the molecule is Cn1nc2c(c1NC(=O)[C@H]1CCCN(S(=O)(=O)c3ccc(F)cc3)C1)CCC2. The van der Waals surface area contributed by atoms with Gasteiger partial charge in [-0.3, -0.25) is 9.48 Å². The summed E-state index contributed by atoms with van der Waals surface area (Å²) in [5.74, 6) is -0.387. The van der Waals surface area contributed by atoms with Crippen molar-refractivity contribution in [2.24, 2.45) is 13.0 Å². The second-order valence-corrected chi connectivity index (χ2v) is 9.33. The van der Waals surface area contributed by atoms with Crippen molar-refractivity contribution in [2.75, 3.05) is 18.4 Å². The Morgan fingerprint density at radius 1 is 1.21 bits per heavy atom. The van der Waals surface area contributed by atoms with Crippen molar-refractivity contribution < 1.29 is 17.6 Å². The minimum atomic E-state index is -3.76. The number of fused-ring (bicyclic) bond motifs is 1. The molecule has 28 heavy (non-hydrogen) atoms. The molecule has 2 heterocycles. The number of carbonyl (C=O) groups is 1. The van der Waals surface area contributed by atoms with Gasteiger partial charge in [0.25, 0.3) is 0 Å². The summed E-state index contributed by atoms with van der Waals surface area (Å²) in [7, 11) is -1.95. The second kappa shape index (κ2) is 7.29. The van der Waals surface area contributed by atoms with Gasteiger partial charge >= 0.3 is 0 Å². The van der Waals surface area contributed by atoms with Crippen LogP contribution in [0.15, 0.2) is 29.2 Å². The normalized spacial score (nSPS) is 20.1. The van der Waals surface area contributed by atoms with Gasteiger partial charge in [-0.2, -0.15) is 9.40 Å². The number of hydrogen-bond acceptors (Lipinski definition) is 4. The van der Waals surface area contributed by atoms with Gasteiger partial charge in [0.05, 0.1) is 16.5 Å². The van der Waals surface area contributed by atoms with Crippen LogP contribution in [0, 0.1) is 11.7 Å². The molecule has 1 atom stereocenters. The molecule has 1 aromatic carbocycles. The Kier molecular flexibility index (Phi) is 4.96. The smallest absolute Gasteiger partial charge is 0.243 e. The highest BCUT2D eigenvalue weighted by Crippen LogP contribution is 2.30. The Labute approximate surface area is 163 Å². The summed E-state index contributed by atoms with van der Waals surface area (Å²) >= 11 is 0. The van der Waals surface area contributed by atoms with Gasteiger partial charge in [0.1, 0.15) is 11.6 Å². The van der Waals surface area contributed by atoms with Crippen molar-refractivity contribution in [3.8, 4) is 0 Å². The van der Waals surface area contributed by atoms with E-state index in [0.29, 0.717) is 19.4 Å². The monoisotopic (exact) mass is 406 g/mol. The predicted molar refractivity (Wildman–Crippen MR) is 102 cm³/mol. The molecule has 0 saturated carbocycles. The van der Waals surface area contributed by atoms with Crippen LogP contribution in [-0.4, -0.2) is 41.5 Å². The number of nitrogens with zero attached hydrogens (tertiary/aromatic N) is 3. The van der Waals surface area contributed by atoms with Crippen molar-refractivity contribution in [2.45, 2.75) is 37.0 Å². The highest BCUT2D eigenvalue weighted by molar-refractivity contribution is 7.89. The number of rotatable bonds is 4. The number of halogens is 1. The Balaban J connectivity index is 1.49. The summed E-state index contributed by atoms with van der Waals surface area (Å²) in [5, 5.41) is 7.43. The highest BCUT2D eigenvalue weighted by Gasteiger charge is 2.34. The summed E-state index contributed by atoms with van der Waals surface area (Å²) < 4.78 is 41.8. The van der Waals surface area contributed by atoms with Crippen LogP contribution in [0.3, 0.4) is 0 Å². The first-order valence-corrected chi connectivity index (χ1v) is 10.9. The molecule has 9 heteroatoms. The van der Waals surface area contributed by atoms with E-state index in [1.54, 1.807) is 11.7 Å². The lowest BCUT2D eigenvalue weighted by Gasteiger charge is -2.31. The average molecular weight is 406 g/mol. The highest BCUT2D eigenvalue weighted by atomic mass is 32.2. The van der Waals surface area contributed by atoms with Crippen LogP contribution in [0.2, 0.25) is 0 Å². The molecular formula is C19H23FN4O3S. The van der Waals surface area contributed by atoms with Crippen molar-refractivity contribution in [3.63, 3.8) is 0 Å². The number of piperidine rings is 1. The van der Waals surface area contributed by atoms with E-state index in [4.69, 9.17) is 0 Å². The van der Waals surface area contributed by atoms with Gasteiger partial charge in [-0.1, -0.05) is 0 Å². The van der Waals surface area contributed by atoms with Crippen LogP contribution in [0.5, 0.6) is 0 Å². The summed E-state index contributed by atoms with van der Waals surface area (Å²) in [6, 6.07) is 4.77. The molecule has 0 radical (unpaired) electrons. The molecule has 1 aliphatic heterocycles. The fourth-order valence-corrected chi connectivity index (χ4v) is 5.55. The fraction of sp³-hybridized carbons (Fsp3) is 0.474. The van der Waals surface area contributed by atoms with Crippen molar-refractivity contribution >= 4 is 21.7 Å². The molecule has 0 spiro atoms. The zero-order valence-corrected chi connectivity index (χ0v) is 16.5. The third-order valence-corrected chi connectivity index (χ3v) is 7.40. The minimum absolute atomic E-state index is 0.0411. The fourth-order valence-electron chi connectivity index (χ4n) is 4.03. The number of nitrogens with one attached hydrogen (secondary N) is 1. The first-order valence-electron chi connectivity index (χ1n) is 9.47. The van der Waals surface area contributed by atoms with Crippen molar-refractivity contribution in [1.82, 2.24) is 14.1 Å². The second-order valence-electron chi connectivity index (χ2n) is 7.40. The number of hydrogen-bond donors (Lipinski definition) is 1. The number of aromatic nitrogens is 2. The van der Waals surface area contributed by atoms with Gasteiger partial charge in [0.2, 0.25) is 15.9 Å². The maximum Gasteiger partial charge on any atom is 0.243 e. The van der Waals surface area contributed by atoms with Gasteiger partial charge in [-0.15, -0.1) is 0 Å². The molecule has 7 nitrogen and oxygen atoms in total. The quantitative estimate of drug-likeness (QED) is 0.843. The lowest BCUT2D eigenvalue weighted by atomic mass is 9.99. The lowest BCUT2D eigenvalue weighted by molar-refractivity contribution is -0.120. The van der Waals surface area contributed by atoms with Gasteiger partial charge in [-0.05, 0) is 56.4 Å². The van der Waals surface area contributed by atoms with E-state index in [1.807, 2.05) is 0 Å². The van der Waals surface area contributed by atoms with Crippen LogP contribution in [0.25, 0.3) is 0 Å². The van der Waals surface area contributed by atoms with Gasteiger partial charge < -0.3 is 5.32 Å². The standard InChI is InChI=1S/C19H23FN4O3S/c1-23-18(16-5-2-6-17(16)22-23)21-19(25)13-4-3-11-24(12-13)28(26,27)15-9-7-14(20)8-10-15/h7-10,13H,2-6,11-12H2,1H3,(H,21,25)/t13-/m0/s1. The number of benzene rings is 1. The third kappa shape index (κ3) is 3.44. The lowest BCUT2D eigenvalue weighted by Crippen LogP contribution is -2.43. The molecule has 1 amide bonds. The van der Waals surface area contributed by atoms with Crippen molar-refractivity contribution in [3.05, 3.63) is 41.3 Å². The molecule has 1 N–H and O–H groups in total. The topological polar surface area (TPSA) is 84.3 Å². The third-order valence-electron chi connectivity index (χ3n) is 5.52. The molecule has 1 fully saturated rings. The molecule has 1 saturated heterocycles. The summed E-state index contributed by atoms with van der Waals surface area (Å²) in [6.45, 7) is 0.468. The van der Waals surface area contributed by atoms with Gasteiger partial charge in [0.15, 0.2) is 0 Å². The van der Waals surface area contributed by atoms with E-state index in [2.05, 4.69) is 10.4 Å². The number of sulfonamides is 1. The Bertz CT molecular complexity index is 1000. The Morgan fingerprint density at radius 3 is 2.71 bits per heavy atom. The number of amides is 1. The van der Waals surface area contributed by atoms with E-state index >= 15 is 0 Å². The molecule has 1 aliphatic carbocycles. The van der Waals surface area contributed by atoms with Crippen LogP contribution in [0.4, 0.5) is 10.2 Å². The maximum atomic E-state index is 13.1. The Hall–Kier alpha value is -2.26. The van der Waals surface area contributed by atoms with Gasteiger partial charge in [0, 0.05) is 25.7 Å². The molecule has 2 aliphatic rings. The first kappa shape index (κ1) is 19.1. The zero-order valence-electron chi connectivity index (χ0n) is 15.7. The maximum absolute atomic E-state index is 13.1. The Morgan fingerprint density at radius 2 is 1.96 bits per heavy atom. The van der Waals surface area contributed by atoms with E-state index in [9.17, 15) is 17.6 Å². The van der Waals surface area contributed by atoms with E-state index in [0.717, 1.165) is 48.5 Å².